The Kier molecular flexibility index (Phi) is 13.3. The van der Waals surface area contributed by atoms with E-state index in [1.54, 1.807) is 72.8 Å². The van der Waals surface area contributed by atoms with E-state index in [1.807, 2.05) is 0 Å². The minimum atomic E-state index is -0.612. The molecule has 2 aliphatic rings. The van der Waals surface area contributed by atoms with Crippen LogP contribution in [0.25, 0.3) is 0 Å². The van der Waals surface area contributed by atoms with E-state index in [0.29, 0.717) is 98.6 Å². The molecule has 4 aromatic carbocycles. The number of nitrogens with one attached hydrogen (secondary N) is 2. The number of hydrogen-bond acceptors (Lipinski definition) is 7. The van der Waals surface area contributed by atoms with E-state index in [2.05, 4.69) is 20.4 Å². The van der Waals surface area contributed by atoms with E-state index in [4.69, 9.17) is 0 Å². The maximum Gasteiger partial charge on any atom is 0.221 e. The molecule has 0 saturated carbocycles. The highest BCUT2D eigenvalue weighted by molar-refractivity contribution is 5.99. The van der Waals surface area contributed by atoms with Crippen molar-refractivity contribution >= 4 is 40.5 Å². The molecule has 0 radical (unpaired) electrons. The lowest BCUT2D eigenvalue weighted by molar-refractivity contribution is -0.123. The van der Waals surface area contributed by atoms with Crippen LogP contribution in [0.3, 0.4) is 0 Å². The Bertz CT molecular complexity index is 1860. The van der Waals surface area contributed by atoms with Crippen molar-refractivity contribution < 1.29 is 32.8 Å². The number of halogens is 2. The Morgan fingerprint density at radius 2 is 0.857 bits per heavy atom. The summed E-state index contributed by atoms with van der Waals surface area (Å²) in [4.78, 5) is 68.8. The van der Waals surface area contributed by atoms with Crippen molar-refractivity contribution in [2.24, 2.45) is 11.8 Å². The van der Waals surface area contributed by atoms with E-state index in [0.717, 1.165) is 0 Å². The molecule has 56 heavy (non-hydrogen) atoms. The predicted octanol–water partition coefficient (Wildman–Crippen LogP) is 7.51. The van der Waals surface area contributed by atoms with Crippen LogP contribution in [0.1, 0.15) is 83.2 Å². The number of anilines is 2. The average molecular weight is 763 g/mol. The van der Waals surface area contributed by atoms with Crippen LogP contribution >= 0.6 is 0 Å². The second-order valence-corrected chi connectivity index (χ2v) is 15.0. The van der Waals surface area contributed by atoms with Gasteiger partial charge in [-0.15, -0.1) is 0 Å². The number of ketones is 3. The first-order valence-electron chi connectivity index (χ1n) is 19.3. The molecule has 0 bridgehead atoms. The van der Waals surface area contributed by atoms with Gasteiger partial charge in [-0.2, -0.15) is 0 Å². The van der Waals surface area contributed by atoms with E-state index in [9.17, 15) is 32.8 Å². The third-order valence-corrected chi connectivity index (χ3v) is 11.0. The standard InChI is InChI=1S/C45H48F2N4O5/c1-29(52)48-39-15-7-33(8-16-39)43(54)35-19-23-50(24-20-35)27-41(31-3-11-37(46)12-4-31)45(56)42(32-5-13-38(47)14-6-32)28-51-25-21-36(22-26-51)44(55)34-9-17-40(18-10-34)49-30(2)53/h3-18,35-36,41-42H,19-28H2,1-2H3,(H,48,52)(H,49,53). The van der Waals surface area contributed by atoms with Gasteiger partial charge in [-0.1, -0.05) is 24.3 Å². The second kappa shape index (κ2) is 18.5. The summed E-state index contributed by atoms with van der Waals surface area (Å²) in [6, 6.07) is 25.9. The van der Waals surface area contributed by atoms with Gasteiger partial charge < -0.3 is 20.4 Å². The van der Waals surface area contributed by atoms with Crippen LogP contribution in [0.2, 0.25) is 0 Å². The summed E-state index contributed by atoms with van der Waals surface area (Å²) in [6.07, 6.45) is 2.46. The summed E-state index contributed by atoms with van der Waals surface area (Å²) in [5.74, 6) is -2.71. The number of rotatable bonds is 14. The molecular weight excluding hydrogens is 715 g/mol. The van der Waals surface area contributed by atoms with Gasteiger partial charge in [0, 0.05) is 61.3 Å². The molecule has 292 valence electrons. The number of amides is 2. The number of Topliss-reactive ketones (excluding diaryl/α,β-unsaturated/α-hetero) is 3. The first-order valence-corrected chi connectivity index (χ1v) is 19.3. The summed E-state index contributed by atoms with van der Waals surface area (Å²) in [6.45, 7) is 6.03. The molecule has 2 amide bonds. The molecule has 2 unspecified atom stereocenters. The zero-order valence-electron chi connectivity index (χ0n) is 31.8. The first kappa shape index (κ1) is 40.3. The van der Waals surface area contributed by atoms with Crippen LogP contribution in [0, 0.1) is 23.5 Å². The molecule has 2 atom stereocenters. The number of nitrogens with zero attached hydrogens (tertiary/aromatic N) is 2. The van der Waals surface area contributed by atoms with Crippen LogP contribution in [-0.4, -0.2) is 78.2 Å². The van der Waals surface area contributed by atoms with Crippen LogP contribution in [0.15, 0.2) is 97.1 Å². The van der Waals surface area contributed by atoms with E-state index >= 15 is 0 Å². The molecule has 2 fully saturated rings. The van der Waals surface area contributed by atoms with Gasteiger partial charge in [-0.05, 0) is 136 Å². The molecule has 11 heteroatoms. The fourth-order valence-corrected chi connectivity index (χ4v) is 7.94. The number of carbonyl (C=O) groups excluding carboxylic acids is 5. The summed E-state index contributed by atoms with van der Waals surface area (Å²) in [5, 5.41) is 5.43. The Labute approximate surface area is 326 Å². The largest absolute Gasteiger partial charge is 0.326 e. The van der Waals surface area contributed by atoms with Crippen molar-refractivity contribution in [3.8, 4) is 0 Å². The fourth-order valence-electron chi connectivity index (χ4n) is 7.94. The van der Waals surface area contributed by atoms with Gasteiger partial charge in [0.15, 0.2) is 11.6 Å². The van der Waals surface area contributed by atoms with E-state index < -0.39 is 23.5 Å². The molecule has 2 heterocycles. The molecule has 2 aliphatic heterocycles. The van der Waals surface area contributed by atoms with Crippen molar-refractivity contribution in [1.29, 1.82) is 0 Å². The molecule has 2 N–H and O–H groups in total. The number of piperidine rings is 2. The molecule has 2 saturated heterocycles. The Hall–Kier alpha value is -5.39. The van der Waals surface area contributed by atoms with Gasteiger partial charge in [0.05, 0.1) is 11.8 Å². The molecular formula is C45H48F2N4O5. The summed E-state index contributed by atoms with van der Waals surface area (Å²) in [5.41, 5.74) is 3.81. The number of carbonyl (C=O) groups is 5. The lowest BCUT2D eigenvalue weighted by Gasteiger charge is -2.36. The highest BCUT2D eigenvalue weighted by Crippen LogP contribution is 2.33. The van der Waals surface area contributed by atoms with E-state index in [1.165, 1.54) is 38.1 Å². The van der Waals surface area contributed by atoms with Gasteiger partial charge in [0.2, 0.25) is 11.8 Å². The van der Waals surface area contributed by atoms with Crippen molar-refractivity contribution in [2.45, 2.75) is 51.4 Å². The quantitative estimate of drug-likeness (QED) is 0.128. The van der Waals surface area contributed by atoms with Crippen LogP contribution in [0.4, 0.5) is 20.2 Å². The summed E-state index contributed by atoms with van der Waals surface area (Å²) < 4.78 is 28.3. The minimum absolute atomic E-state index is 0.0481. The zero-order valence-corrected chi connectivity index (χ0v) is 31.8. The minimum Gasteiger partial charge on any atom is -0.326 e. The normalized spacial score (nSPS) is 16.8. The van der Waals surface area contributed by atoms with Crippen molar-refractivity contribution in [3.63, 3.8) is 0 Å². The fraction of sp³-hybridized carbons (Fsp3) is 0.356. The van der Waals surface area contributed by atoms with E-state index in [-0.39, 0.29) is 41.0 Å². The first-order chi connectivity index (χ1) is 26.9. The third kappa shape index (κ3) is 10.5. The maximum absolute atomic E-state index is 14.9. The molecule has 0 spiro atoms. The Morgan fingerprint density at radius 3 is 1.16 bits per heavy atom. The Morgan fingerprint density at radius 1 is 0.536 bits per heavy atom. The van der Waals surface area contributed by atoms with Gasteiger partial charge in [-0.3, -0.25) is 24.0 Å². The lowest BCUT2D eigenvalue weighted by atomic mass is 9.81. The SMILES string of the molecule is CC(=O)Nc1ccc(C(=O)C2CCN(CC(C(=O)C(CN3CCC(C(=O)c4ccc(NC(C)=O)cc4)CC3)c3ccc(F)cc3)c3ccc(F)cc3)CC2)cc1. The van der Waals surface area contributed by atoms with Gasteiger partial charge in [0.25, 0.3) is 0 Å². The third-order valence-electron chi connectivity index (χ3n) is 11.0. The molecule has 0 aliphatic carbocycles. The van der Waals surface area contributed by atoms with Crippen LogP contribution < -0.4 is 10.6 Å². The highest BCUT2D eigenvalue weighted by Gasteiger charge is 2.35. The molecule has 4 aromatic rings. The van der Waals surface area contributed by atoms with Gasteiger partial charge in [0.1, 0.15) is 17.4 Å². The van der Waals surface area contributed by atoms with Crippen LogP contribution in [-0.2, 0) is 14.4 Å². The van der Waals surface area contributed by atoms with Gasteiger partial charge in [-0.25, -0.2) is 8.78 Å². The van der Waals surface area contributed by atoms with Crippen molar-refractivity contribution in [1.82, 2.24) is 9.80 Å². The Balaban J connectivity index is 1.14. The average Bonchev–Trinajstić information content (AvgIpc) is 3.20. The molecule has 6 rings (SSSR count). The molecule has 0 aromatic heterocycles. The zero-order chi connectivity index (χ0) is 39.8. The summed E-state index contributed by atoms with van der Waals surface area (Å²) >= 11 is 0. The van der Waals surface area contributed by atoms with Gasteiger partial charge >= 0.3 is 0 Å². The lowest BCUT2D eigenvalue weighted by Crippen LogP contribution is -2.43. The number of benzene rings is 4. The van der Waals surface area contributed by atoms with Crippen molar-refractivity contribution in [2.75, 3.05) is 49.9 Å². The second-order valence-electron chi connectivity index (χ2n) is 15.0. The smallest absolute Gasteiger partial charge is 0.221 e. The monoisotopic (exact) mass is 762 g/mol. The number of likely N-dealkylation sites (tertiary alicyclic amines) is 2. The predicted molar refractivity (Wildman–Crippen MR) is 212 cm³/mol. The highest BCUT2D eigenvalue weighted by atomic mass is 19.1. The topological polar surface area (TPSA) is 116 Å². The van der Waals surface area contributed by atoms with Crippen molar-refractivity contribution in [3.05, 3.63) is 131 Å². The van der Waals surface area contributed by atoms with Crippen LogP contribution in [0.5, 0.6) is 0 Å². The number of hydrogen-bond donors (Lipinski definition) is 2. The molecule has 9 nitrogen and oxygen atoms in total. The summed E-state index contributed by atoms with van der Waals surface area (Å²) in [7, 11) is 0. The maximum atomic E-state index is 14.9.